The molecule has 0 saturated heterocycles. The summed E-state index contributed by atoms with van der Waals surface area (Å²) in [6.45, 7) is 2.22. The average Bonchev–Trinajstić information content (AvgIpc) is 2.30. The molecule has 2 rings (SSSR count). The van der Waals surface area contributed by atoms with Gasteiger partial charge in [-0.15, -0.1) is 0 Å². The van der Waals surface area contributed by atoms with Crippen molar-refractivity contribution in [3.63, 3.8) is 0 Å². The Morgan fingerprint density at radius 3 is 3.18 bits per heavy atom. The van der Waals surface area contributed by atoms with E-state index in [0.717, 1.165) is 12.2 Å². The van der Waals surface area contributed by atoms with Crippen LogP contribution in [0.2, 0.25) is 0 Å². The van der Waals surface area contributed by atoms with E-state index < -0.39 is 0 Å². The molecular weight excluding hydrogens is 136 g/mol. The molecule has 2 heteroatoms. The third-order valence-electron chi connectivity index (χ3n) is 2.38. The lowest BCUT2D eigenvalue weighted by molar-refractivity contribution is 0.728. The highest BCUT2D eigenvalue weighted by atomic mass is 15.2. The normalized spacial score (nSPS) is 22.0. The molecule has 1 aromatic rings. The minimum atomic E-state index is 0.611. The van der Waals surface area contributed by atoms with Gasteiger partial charge in [0.1, 0.15) is 5.82 Å². The Labute approximate surface area is 66.9 Å². The van der Waals surface area contributed by atoms with Crippen molar-refractivity contribution in [1.29, 1.82) is 0 Å². The first-order valence-electron chi connectivity index (χ1n) is 3.96. The lowest BCUT2D eigenvalue weighted by atomic mass is 10.2. The molecule has 0 aromatic carbocycles. The molecule has 1 aliphatic rings. The fourth-order valence-electron chi connectivity index (χ4n) is 1.57. The van der Waals surface area contributed by atoms with Crippen LogP contribution in [0, 0.1) is 0 Å². The van der Waals surface area contributed by atoms with E-state index in [2.05, 4.69) is 29.9 Å². The van der Waals surface area contributed by atoms with E-state index >= 15 is 0 Å². The maximum Gasteiger partial charge on any atom is 0.131 e. The van der Waals surface area contributed by atoms with Crippen molar-refractivity contribution in [2.75, 3.05) is 11.9 Å². The Hall–Kier alpha value is -1.05. The molecule has 0 amide bonds. The van der Waals surface area contributed by atoms with Gasteiger partial charge in [-0.25, -0.2) is 4.98 Å². The summed E-state index contributed by atoms with van der Waals surface area (Å²) < 4.78 is 0. The highest BCUT2D eigenvalue weighted by Gasteiger charge is 2.22. The second-order valence-corrected chi connectivity index (χ2v) is 3.15. The number of pyridine rings is 1. The molecular formula is C9H12N2. The van der Waals surface area contributed by atoms with Gasteiger partial charge in [-0.2, -0.15) is 0 Å². The van der Waals surface area contributed by atoms with Gasteiger partial charge in [-0.05, 0) is 25.0 Å². The molecule has 0 spiro atoms. The van der Waals surface area contributed by atoms with Crippen molar-refractivity contribution in [1.82, 2.24) is 4.98 Å². The van der Waals surface area contributed by atoms with Crippen LogP contribution in [0.25, 0.3) is 0 Å². The number of hydrogen-bond acceptors (Lipinski definition) is 2. The Morgan fingerprint density at radius 2 is 2.45 bits per heavy atom. The number of aromatic nitrogens is 1. The molecule has 2 nitrogen and oxygen atoms in total. The summed E-state index contributed by atoms with van der Waals surface area (Å²) in [5.74, 6) is 1.15. The minimum Gasteiger partial charge on any atom is -0.356 e. The van der Waals surface area contributed by atoms with Crippen molar-refractivity contribution in [2.45, 2.75) is 19.4 Å². The van der Waals surface area contributed by atoms with Crippen LogP contribution in [0.3, 0.4) is 0 Å². The highest BCUT2D eigenvalue weighted by molar-refractivity contribution is 5.52. The molecule has 0 radical (unpaired) electrons. The minimum absolute atomic E-state index is 0.611. The summed E-state index contributed by atoms with van der Waals surface area (Å²) >= 11 is 0. The fourth-order valence-corrected chi connectivity index (χ4v) is 1.57. The Balaban J connectivity index is 2.47. The zero-order valence-electron chi connectivity index (χ0n) is 6.91. The lowest BCUT2D eigenvalue weighted by Gasteiger charge is -2.16. The summed E-state index contributed by atoms with van der Waals surface area (Å²) in [5, 5.41) is 0. The third-order valence-corrected chi connectivity index (χ3v) is 2.38. The lowest BCUT2D eigenvalue weighted by Crippen LogP contribution is -2.24. The topological polar surface area (TPSA) is 16.1 Å². The number of rotatable bonds is 0. The maximum absolute atomic E-state index is 4.32. The first-order chi connectivity index (χ1) is 5.29. The molecule has 1 atom stereocenters. The summed E-state index contributed by atoms with van der Waals surface area (Å²) in [6, 6.07) is 4.77. The zero-order valence-corrected chi connectivity index (χ0v) is 6.91. The van der Waals surface area contributed by atoms with Crippen LogP contribution in [0.15, 0.2) is 18.3 Å². The predicted molar refractivity (Wildman–Crippen MR) is 45.8 cm³/mol. The second kappa shape index (κ2) is 2.22. The number of fused-ring (bicyclic) bond motifs is 1. The smallest absolute Gasteiger partial charge is 0.131 e. The molecule has 58 valence electrons. The first kappa shape index (κ1) is 6.65. The third kappa shape index (κ3) is 0.897. The highest BCUT2D eigenvalue weighted by Crippen LogP contribution is 2.27. The molecule has 11 heavy (non-hydrogen) atoms. The number of hydrogen-bond donors (Lipinski definition) is 0. The van der Waals surface area contributed by atoms with E-state index in [9.17, 15) is 0 Å². The van der Waals surface area contributed by atoms with Crippen LogP contribution in [0.5, 0.6) is 0 Å². The van der Waals surface area contributed by atoms with E-state index in [4.69, 9.17) is 0 Å². The van der Waals surface area contributed by atoms with Crippen LogP contribution in [-0.2, 0) is 6.42 Å². The molecule has 1 aromatic heterocycles. The van der Waals surface area contributed by atoms with E-state index in [1.807, 2.05) is 12.3 Å². The molecule has 1 unspecified atom stereocenters. The van der Waals surface area contributed by atoms with Crippen molar-refractivity contribution < 1.29 is 0 Å². The summed E-state index contributed by atoms with van der Waals surface area (Å²) in [6.07, 6.45) is 2.99. The second-order valence-electron chi connectivity index (χ2n) is 3.15. The van der Waals surface area contributed by atoms with Crippen LogP contribution >= 0.6 is 0 Å². The Morgan fingerprint density at radius 1 is 1.64 bits per heavy atom. The van der Waals surface area contributed by atoms with Gasteiger partial charge in [0.2, 0.25) is 0 Å². The van der Waals surface area contributed by atoms with Crippen LogP contribution < -0.4 is 4.90 Å². The monoisotopic (exact) mass is 148 g/mol. The summed E-state index contributed by atoms with van der Waals surface area (Å²) in [4.78, 5) is 6.55. The molecule has 0 N–H and O–H groups in total. The standard InChI is InChI=1S/C9H12N2/c1-7-6-8-4-3-5-10-9(8)11(7)2/h3-5,7H,6H2,1-2H3. The van der Waals surface area contributed by atoms with Gasteiger partial charge in [0.25, 0.3) is 0 Å². The van der Waals surface area contributed by atoms with E-state index in [-0.39, 0.29) is 0 Å². The van der Waals surface area contributed by atoms with Gasteiger partial charge in [-0.3, -0.25) is 0 Å². The number of nitrogens with zero attached hydrogens (tertiary/aromatic N) is 2. The Bertz CT molecular complexity index is 270. The molecule has 0 aliphatic carbocycles. The van der Waals surface area contributed by atoms with Crippen molar-refractivity contribution >= 4 is 5.82 Å². The molecule has 0 bridgehead atoms. The number of likely N-dealkylation sites (N-methyl/N-ethyl adjacent to an activating group) is 1. The van der Waals surface area contributed by atoms with Crippen molar-refractivity contribution in [3.8, 4) is 0 Å². The maximum atomic E-state index is 4.32. The molecule has 0 saturated carbocycles. The molecule has 2 heterocycles. The van der Waals surface area contributed by atoms with Gasteiger partial charge < -0.3 is 4.90 Å². The van der Waals surface area contributed by atoms with Gasteiger partial charge in [0.05, 0.1) is 0 Å². The van der Waals surface area contributed by atoms with E-state index in [1.165, 1.54) is 5.56 Å². The van der Waals surface area contributed by atoms with Crippen molar-refractivity contribution in [3.05, 3.63) is 23.9 Å². The fraction of sp³-hybridized carbons (Fsp3) is 0.444. The Kier molecular flexibility index (Phi) is 1.34. The first-order valence-corrected chi connectivity index (χ1v) is 3.96. The summed E-state index contributed by atoms with van der Waals surface area (Å²) in [5.41, 5.74) is 1.38. The van der Waals surface area contributed by atoms with Crippen molar-refractivity contribution in [2.24, 2.45) is 0 Å². The van der Waals surface area contributed by atoms with Gasteiger partial charge in [0, 0.05) is 19.3 Å². The van der Waals surface area contributed by atoms with Crippen LogP contribution in [-0.4, -0.2) is 18.1 Å². The van der Waals surface area contributed by atoms with E-state index in [0.29, 0.717) is 6.04 Å². The largest absolute Gasteiger partial charge is 0.356 e. The predicted octanol–water partition coefficient (Wildman–Crippen LogP) is 1.46. The SMILES string of the molecule is CC1Cc2cccnc2N1C. The van der Waals surface area contributed by atoms with Gasteiger partial charge in [0.15, 0.2) is 0 Å². The van der Waals surface area contributed by atoms with Crippen LogP contribution in [0.4, 0.5) is 5.82 Å². The average molecular weight is 148 g/mol. The number of anilines is 1. The summed E-state index contributed by atoms with van der Waals surface area (Å²) in [7, 11) is 2.10. The molecule has 0 fully saturated rings. The zero-order chi connectivity index (χ0) is 7.84. The van der Waals surface area contributed by atoms with Gasteiger partial charge in [-0.1, -0.05) is 6.07 Å². The molecule has 1 aliphatic heterocycles. The quantitative estimate of drug-likeness (QED) is 0.553. The van der Waals surface area contributed by atoms with Gasteiger partial charge >= 0.3 is 0 Å². The van der Waals surface area contributed by atoms with E-state index in [1.54, 1.807) is 0 Å². The van der Waals surface area contributed by atoms with Crippen LogP contribution in [0.1, 0.15) is 12.5 Å².